The Kier molecular flexibility index (Phi) is 5.43. The van der Waals surface area contributed by atoms with E-state index in [0.29, 0.717) is 11.1 Å². The number of benzene rings is 2. The second kappa shape index (κ2) is 7.92. The molecule has 0 atom stereocenters. The van der Waals surface area contributed by atoms with Crippen molar-refractivity contribution in [1.82, 2.24) is 10.2 Å². The first kappa shape index (κ1) is 17.1. The first-order chi connectivity index (χ1) is 12.1. The first-order valence-corrected chi connectivity index (χ1v) is 8.51. The van der Waals surface area contributed by atoms with Crippen LogP contribution in [0, 0.1) is 5.82 Å². The quantitative estimate of drug-likeness (QED) is 0.842. The highest BCUT2D eigenvalue weighted by atomic mass is 19.1. The molecule has 0 bridgehead atoms. The molecule has 0 saturated heterocycles. The molecule has 1 N–H and O–H groups in total. The minimum absolute atomic E-state index is 0.0564. The van der Waals surface area contributed by atoms with E-state index in [1.54, 1.807) is 47.4 Å². The zero-order valence-electron chi connectivity index (χ0n) is 14.0. The predicted octanol–water partition coefficient (Wildman–Crippen LogP) is 3.14. The monoisotopic (exact) mass is 340 g/mol. The van der Waals surface area contributed by atoms with Gasteiger partial charge in [0.25, 0.3) is 5.91 Å². The highest BCUT2D eigenvalue weighted by molar-refractivity contribution is 5.94. The summed E-state index contributed by atoms with van der Waals surface area (Å²) in [5.41, 5.74) is 1.09. The van der Waals surface area contributed by atoms with Crippen molar-refractivity contribution < 1.29 is 14.0 Å². The standard InChI is InChI=1S/C20H21FN2O2/c21-18-9-5-4-8-16(18)14-23(17-10-11-17)19(24)12-13-22-20(25)15-6-2-1-3-7-15/h1-9,17H,10-14H2,(H,22,25). The van der Waals surface area contributed by atoms with Crippen molar-refractivity contribution in [3.8, 4) is 0 Å². The van der Waals surface area contributed by atoms with Crippen LogP contribution in [0.15, 0.2) is 54.6 Å². The molecule has 5 heteroatoms. The Bertz CT molecular complexity index is 744. The van der Waals surface area contributed by atoms with Crippen LogP contribution in [0.3, 0.4) is 0 Å². The van der Waals surface area contributed by atoms with Crippen molar-refractivity contribution in [2.24, 2.45) is 0 Å². The molecule has 4 nitrogen and oxygen atoms in total. The maximum Gasteiger partial charge on any atom is 0.251 e. The molecule has 2 aromatic rings. The molecule has 0 aromatic heterocycles. The van der Waals surface area contributed by atoms with Crippen molar-refractivity contribution in [3.63, 3.8) is 0 Å². The van der Waals surface area contributed by atoms with Gasteiger partial charge < -0.3 is 10.2 Å². The van der Waals surface area contributed by atoms with Crippen LogP contribution < -0.4 is 5.32 Å². The highest BCUT2D eigenvalue weighted by Gasteiger charge is 2.32. The van der Waals surface area contributed by atoms with Crippen molar-refractivity contribution in [3.05, 3.63) is 71.5 Å². The first-order valence-electron chi connectivity index (χ1n) is 8.51. The maximum atomic E-state index is 13.8. The number of rotatable bonds is 7. The van der Waals surface area contributed by atoms with Crippen molar-refractivity contribution in [2.75, 3.05) is 6.54 Å². The van der Waals surface area contributed by atoms with E-state index < -0.39 is 0 Å². The molecule has 1 aliphatic carbocycles. The summed E-state index contributed by atoms with van der Waals surface area (Å²) < 4.78 is 13.8. The van der Waals surface area contributed by atoms with Gasteiger partial charge >= 0.3 is 0 Å². The summed E-state index contributed by atoms with van der Waals surface area (Å²) in [5, 5.41) is 2.76. The van der Waals surface area contributed by atoms with E-state index in [1.165, 1.54) is 6.07 Å². The molecular formula is C20H21FN2O2. The predicted molar refractivity (Wildman–Crippen MR) is 93.4 cm³/mol. The molecule has 2 amide bonds. The molecule has 1 aliphatic rings. The molecule has 1 saturated carbocycles. The summed E-state index contributed by atoms with van der Waals surface area (Å²) >= 11 is 0. The lowest BCUT2D eigenvalue weighted by Gasteiger charge is -2.23. The third-order valence-corrected chi connectivity index (χ3v) is 4.27. The van der Waals surface area contributed by atoms with Crippen molar-refractivity contribution >= 4 is 11.8 Å². The lowest BCUT2D eigenvalue weighted by atomic mass is 10.2. The lowest BCUT2D eigenvalue weighted by molar-refractivity contribution is -0.132. The van der Waals surface area contributed by atoms with Crippen LogP contribution in [-0.4, -0.2) is 29.3 Å². The fourth-order valence-electron chi connectivity index (χ4n) is 2.74. The SMILES string of the molecule is O=C(NCCC(=O)N(Cc1ccccc1F)C1CC1)c1ccccc1. The number of hydrogen-bond donors (Lipinski definition) is 1. The van der Waals surface area contributed by atoms with E-state index in [-0.39, 0.29) is 43.2 Å². The molecule has 0 unspecified atom stereocenters. The van der Waals surface area contributed by atoms with Gasteiger partial charge in [-0.1, -0.05) is 36.4 Å². The van der Waals surface area contributed by atoms with Gasteiger partial charge in [-0.2, -0.15) is 0 Å². The van der Waals surface area contributed by atoms with E-state index in [1.807, 2.05) is 6.07 Å². The summed E-state index contributed by atoms with van der Waals surface area (Å²) in [7, 11) is 0. The Morgan fingerprint density at radius 1 is 1.04 bits per heavy atom. The lowest BCUT2D eigenvalue weighted by Crippen LogP contribution is -2.36. The summed E-state index contributed by atoms with van der Waals surface area (Å²) in [6, 6.07) is 15.6. The molecule has 0 aliphatic heterocycles. The molecular weight excluding hydrogens is 319 g/mol. The smallest absolute Gasteiger partial charge is 0.251 e. The van der Waals surface area contributed by atoms with Crippen molar-refractivity contribution in [1.29, 1.82) is 0 Å². The summed E-state index contributed by atoms with van der Waals surface area (Å²) in [6.45, 7) is 0.551. The van der Waals surface area contributed by atoms with Gasteiger partial charge in [0, 0.05) is 36.7 Å². The topological polar surface area (TPSA) is 49.4 Å². The van der Waals surface area contributed by atoms with Crippen molar-refractivity contribution in [2.45, 2.75) is 31.8 Å². The van der Waals surface area contributed by atoms with Crippen LogP contribution in [0.25, 0.3) is 0 Å². The number of hydrogen-bond acceptors (Lipinski definition) is 2. The molecule has 25 heavy (non-hydrogen) atoms. The fourth-order valence-corrected chi connectivity index (χ4v) is 2.74. The molecule has 2 aromatic carbocycles. The zero-order valence-corrected chi connectivity index (χ0v) is 14.0. The second-order valence-corrected chi connectivity index (χ2v) is 6.22. The van der Waals surface area contributed by atoms with Gasteiger partial charge in [0.2, 0.25) is 5.91 Å². The minimum Gasteiger partial charge on any atom is -0.352 e. The maximum absolute atomic E-state index is 13.8. The number of nitrogens with one attached hydrogen (secondary N) is 1. The number of halogens is 1. The number of amides is 2. The summed E-state index contributed by atoms with van der Waals surface area (Å²) in [5.74, 6) is -0.544. The van der Waals surface area contributed by atoms with Gasteiger partial charge in [-0.25, -0.2) is 4.39 Å². The largest absolute Gasteiger partial charge is 0.352 e. The Balaban J connectivity index is 1.53. The van der Waals surface area contributed by atoms with E-state index >= 15 is 0 Å². The van der Waals surface area contributed by atoms with Crippen LogP contribution in [0.4, 0.5) is 4.39 Å². The fraction of sp³-hybridized carbons (Fsp3) is 0.300. The van der Waals surface area contributed by atoms with E-state index in [2.05, 4.69) is 5.32 Å². The van der Waals surface area contributed by atoms with Gasteiger partial charge in [-0.3, -0.25) is 9.59 Å². The number of nitrogens with zero attached hydrogens (tertiary/aromatic N) is 1. The average Bonchev–Trinajstić information content (AvgIpc) is 3.46. The van der Waals surface area contributed by atoms with E-state index in [4.69, 9.17) is 0 Å². The van der Waals surface area contributed by atoms with Crippen LogP contribution in [-0.2, 0) is 11.3 Å². The Morgan fingerprint density at radius 3 is 2.40 bits per heavy atom. The summed E-state index contributed by atoms with van der Waals surface area (Å²) in [4.78, 5) is 26.2. The van der Waals surface area contributed by atoms with Crippen LogP contribution >= 0.6 is 0 Å². The molecule has 0 radical (unpaired) electrons. The number of carbonyl (C=O) groups is 2. The van der Waals surface area contributed by atoms with Gasteiger partial charge in [0.1, 0.15) is 5.82 Å². The van der Waals surface area contributed by atoms with Gasteiger partial charge in [0.05, 0.1) is 0 Å². The molecule has 3 rings (SSSR count). The zero-order chi connectivity index (χ0) is 17.6. The van der Waals surface area contributed by atoms with Crippen LogP contribution in [0.1, 0.15) is 35.2 Å². The Hall–Kier alpha value is -2.69. The van der Waals surface area contributed by atoms with Gasteiger partial charge in [-0.15, -0.1) is 0 Å². The van der Waals surface area contributed by atoms with Gasteiger partial charge in [-0.05, 0) is 31.0 Å². The average molecular weight is 340 g/mol. The normalized spacial score (nSPS) is 13.3. The Morgan fingerprint density at radius 2 is 1.72 bits per heavy atom. The summed E-state index contributed by atoms with van der Waals surface area (Å²) in [6.07, 6.45) is 2.12. The Labute approximate surface area is 146 Å². The minimum atomic E-state index is -0.293. The van der Waals surface area contributed by atoms with Crippen LogP contribution in [0.5, 0.6) is 0 Å². The second-order valence-electron chi connectivity index (χ2n) is 6.22. The molecule has 0 spiro atoms. The third-order valence-electron chi connectivity index (χ3n) is 4.27. The molecule has 130 valence electrons. The van der Waals surface area contributed by atoms with E-state index in [0.717, 1.165) is 12.8 Å². The highest BCUT2D eigenvalue weighted by Crippen LogP contribution is 2.29. The van der Waals surface area contributed by atoms with Crippen LogP contribution in [0.2, 0.25) is 0 Å². The number of carbonyl (C=O) groups excluding carboxylic acids is 2. The molecule has 0 heterocycles. The van der Waals surface area contributed by atoms with E-state index in [9.17, 15) is 14.0 Å². The van der Waals surface area contributed by atoms with Gasteiger partial charge in [0.15, 0.2) is 0 Å². The third kappa shape index (κ3) is 4.66. The molecule has 1 fully saturated rings.